The van der Waals surface area contributed by atoms with E-state index < -0.39 is 0 Å². The Hall–Kier alpha value is -0.0800. The van der Waals surface area contributed by atoms with Crippen LogP contribution in [0.5, 0.6) is 0 Å². The van der Waals surface area contributed by atoms with Gasteiger partial charge in [-0.3, -0.25) is 0 Å². The van der Waals surface area contributed by atoms with Gasteiger partial charge >= 0.3 is 0 Å². The number of piperidine rings is 1. The van der Waals surface area contributed by atoms with Gasteiger partial charge in [-0.1, -0.05) is 0 Å². The van der Waals surface area contributed by atoms with Crippen LogP contribution in [0.2, 0.25) is 0 Å². The van der Waals surface area contributed by atoms with Gasteiger partial charge in [-0.15, -0.1) is 0 Å². The lowest BCUT2D eigenvalue weighted by atomic mass is 9.92. The lowest BCUT2D eigenvalue weighted by Crippen LogP contribution is -2.36. The monoisotopic (exact) mass is 196 g/mol. The summed E-state index contributed by atoms with van der Waals surface area (Å²) in [6.45, 7) is 7.62. The van der Waals surface area contributed by atoms with Gasteiger partial charge in [0.05, 0.1) is 0 Å². The number of rotatable bonds is 3. The first-order chi connectivity index (χ1) is 6.86. The maximum Gasteiger partial charge on any atom is 0.00700 e. The molecule has 0 aromatic rings. The SMILES string of the molecule is CC(CC1CCCNC1)N1CCCC1. The van der Waals surface area contributed by atoms with E-state index in [1.807, 2.05) is 0 Å². The number of nitrogens with zero attached hydrogens (tertiary/aromatic N) is 1. The first kappa shape index (κ1) is 10.4. The third kappa shape index (κ3) is 2.71. The lowest BCUT2D eigenvalue weighted by molar-refractivity contribution is 0.205. The van der Waals surface area contributed by atoms with Gasteiger partial charge in [0.2, 0.25) is 0 Å². The van der Waals surface area contributed by atoms with Crippen molar-refractivity contribution in [3.8, 4) is 0 Å². The molecule has 0 bridgehead atoms. The minimum atomic E-state index is 0.822. The standard InChI is InChI=1S/C12H24N2/c1-11(14-7-2-3-8-14)9-12-5-4-6-13-10-12/h11-13H,2-10H2,1H3. The largest absolute Gasteiger partial charge is 0.316 e. The molecule has 0 saturated carbocycles. The van der Waals surface area contributed by atoms with Crippen LogP contribution < -0.4 is 5.32 Å². The molecule has 2 aliphatic heterocycles. The Bertz CT molecular complexity index is 158. The van der Waals surface area contributed by atoms with Gasteiger partial charge in [0.25, 0.3) is 0 Å². The summed E-state index contributed by atoms with van der Waals surface area (Å²) < 4.78 is 0. The fourth-order valence-corrected chi connectivity index (χ4v) is 2.94. The summed E-state index contributed by atoms with van der Waals surface area (Å²) in [4.78, 5) is 2.68. The van der Waals surface area contributed by atoms with Crippen molar-refractivity contribution in [2.24, 2.45) is 5.92 Å². The van der Waals surface area contributed by atoms with Crippen molar-refractivity contribution in [2.45, 2.75) is 45.1 Å². The van der Waals surface area contributed by atoms with E-state index >= 15 is 0 Å². The van der Waals surface area contributed by atoms with Gasteiger partial charge in [0.15, 0.2) is 0 Å². The van der Waals surface area contributed by atoms with Crippen LogP contribution in [-0.4, -0.2) is 37.1 Å². The van der Waals surface area contributed by atoms with E-state index in [9.17, 15) is 0 Å². The molecule has 0 aromatic carbocycles. The van der Waals surface area contributed by atoms with Crippen LogP contribution in [0.4, 0.5) is 0 Å². The Kier molecular flexibility index (Phi) is 3.82. The molecule has 82 valence electrons. The Labute approximate surface area is 88.1 Å². The van der Waals surface area contributed by atoms with Crippen molar-refractivity contribution in [3.63, 3.8) is 0 Å². The second kappa shape index (κ2) is 5.13. The lowest BCUT2D eigenvalue weighted by Gasteiger charge is -2.30. The molecule has 0 radical (unpaired) electrons. The van der Waals surface area contributed by atoms with Crippen molar-refractivity contribution in [3.05, 3.63) is 0 Å². The predicted molar refractivity (Wildman–Crippen MR) is 60.5 cm³/mol. The Morgan fingerprint density at radius 1 is 1.29 bits per heavy atom. The van der Waals surface area contributed by atoms with Gasteiger partial charge in [-0.05, 0) is 71.1 Å². The fraction of sp³-hybridized carbons (Fsp3) is 1.00. The zero-order valence-electron chi connectivity index (χ0n) is 9.47. The topological polar surface area (TPSA) is 15.3 Å². The molecule has 2 fully saturated rings. The normalized spacial score (nSPS) is 31.9. The average molecular weight is 196 g/mol. The zero-order valence-corrected chi connectivity index (χ0v) is 9.47. The van der Waals surface area contributed by atoms with Crippen LogP contribution in [0.15, 0.2) is 0 Å². The molecule has 2 unspecified atom stereocenters. The molecule has 1 N–H and O–H groups in total. The van der Waals surface area contributed by atoms with E-state index in [4.69, 9.17) is 0 Å². The molecule has 0 aliphatic carbocycles. The molecule has 0 spiro atoms. The van der Waals surface area contributed by atoms with Crippen LogP contribution in [0.3, 0.4) is 0 Å². The van der Waals surface area contributed by atoms with E-state index in [0.29, 0.717) is 0 Å². The third-order valence-electron chi connectivity index (χ3n) is 3.84. The quantitative estimate of drug-likeness (QED) is 0.741. The van der Waals surface area contributed by atoms with Gasteiger partial charge in [0, 0.05) is 6.04 Å². The molecule has 2 saturated heterocycles. The maximum absolute atomic E-state index is 3.51. The second-order valence-electron chi connectivity index (χ2n) is 5.04. The highest BCUT2D eigenvalue weighted by Gasteiger charge is 2.22. The van der Waals surface area contributed by atoms with E-state index in [0.717, 1.165) is 12.0 Å². The van der Waals surface area contributed by atoms with Gasteiger partial charge in [0.1, 0.15) is 0 Å². The molecule has 2 atom stereocenters. The van der Waals surface area contributed by atoms with Crippen molar-refractivity contribution in [2.75, 3.05) is 26.2 Å². The number of hydrogen-bond donors (Lipinski definition) is 1. The van der Waals surface area contributed by atoms with Gasteiger partial charge in [-0.2, -0.15) is 0 Å². The van der Waals surface area contributed by atoms with Crippen molar-refractivity contribution in [1.29, 1.82) is 0 Å². The van der Waals surface area contributed by atoms with Crippen LogP contribution in [0.25, 0.3) is 0 Å². The molecule has 2 aliphatic rings. The predicted octanol–water partition coefficient (Wildman–Crippen LogP) is 1.86. The summed E-state index contributed by atoms with van der Waals surface area (Å²) in [5.74, 6) is 0.944. The van der Waals surface area contributed by atoms with E-state index in [1.54, 1.807) is 0 Å². The first-order valence-corrected chi connectivity index (χ1v) is 6.31. The molecule has 2 nitrogen and oxygen atoms in total. The van der Waals surface area contributed by atoms with Crippen LogP contribution >= 0.6 is 0 Å². The molecular weight excluding hydrogens is 172 g/mol. The molecule has 2 heterocycles. The van der Waals surface area contributed by atoms with Crippen molar-refractivity contribution < 1.29 is 0 Å². The summed E-state index contributed by atoms with van der Waals surface area (Å²) in [5, 5.41) is 3.51. The van der Waals surface area contributed by atoms with Crippen molar-refractivity contribution >= 4 is 0 Å². The summed E-state index contributed by atoms with van der Waals surface area (Å²) in [6.07, 6.45) is 7.09. The van der Waals surface area contributed by atoms with Crippen LogP contribution in [0.1, 0.15) is 39.0 Å². The Balaban J connectivity index is 1.72. The Morgan fingerprint density at radius 3 is 2.71 bits per heavy atom. The summed E-state index contributed by atoms with van der Waals surface area (Å²) in [7, 11) is 0. The van der Waals surface area contributed by atoms with Gasteiger partial charge in [-0.25, -0.2) is 0 Å². The average Bonchev–Trinajstić information content (AvgIpc) is 2.72. The molecule has 0 aromatic heterocycles. The van der Waals surface area contributed by atoms with Crippen molar-refractivity contribution in [1.82, 2.24) is 10.2 Å². The summed E-state index contributed by atoms with van der Waals surface area (Å²) in [6, 6.07) is 0.822. The highest BCUT2D eigenvalue weighted by atomic mass is 15.2. The second-order valence-corrected chi connectivity index (χ2v) is 5.04. The highest BCUT2D eigenvalue weighted by Crippen LogP contribution is 2.21. The number of hydrogen-bond acceptors (Lipinski definition) is 2. The molecular formula is C12H24N2. The van der Waals surface area contributed by atoms with E-state index in [1.165, 1.54) is 58.3 Å². The highest BCUT2D eigenvalue weighted by molar-refractivity contribution is 4.78. The minimum Gasteiger partial charge on any atom is -0.316 e. The van der Waals surface area contributed by atoms with E-state index in [2.05, 4.69) is 17.1 Å². The Morgan fingerprint density at radius 2 is 2.07 bits per heavy atom. The van der Waals surface area contributed by atoms with Gasteiger partial charge < -0.3 is 10.2 Å². The molecule has 2 rings (SSSR count). The third-order valence-corrected chi connectivity index (χ3v) is 3.84. The number of likely N-dealkylation sites (tertiary alicyclic amines) is 1. The smallest absolute Gasteiger partial charge is 0.00700 e. The summed E-state index contributed by atoms with van der Waals surface area (Å²) in [5.41, 5.74) is 0. The summed E-state index contributed by atoms with van der Waals surface area (Å²) >= 11 is 0. The zero-order chi connectivity index (χ0) is 9.80. The molecule has 2 heteroatoms. The van der Waals surface area contributed by atoms with E-state index in [-0.39, 0.29) is 0 Å². The fourth-order valence-electron chi connectivity index (χ4n) is 2.94. The molecule has 14 heavy (non-hydrogen) atoms. The van der Waals surface area contributed by atoms with Crippen LogP contribution in [-0.2, 0) is 0 Å². The molecule has 0 amide bonds. The maximum atomic E-state index is 3.51. The van der Waals surface area contributed by atoms with Crippen LogP contribution in [0, 0.1) is 5.92 Å². The minimum absolute atomic E-state index is 0.822. The number of nitrogens with one attached hydrogen (secondary N) is 1. The first-order valence-electron chi connectivity index (χ1n) is 6.31.